The molecule has 0 saturated heterocycles. The Morgan fingerprint density at radius 1 is 1.45 bits per heavy atom. The molecule has 1 aromatic carbocycles. The van der Waals surface area contributed by atoms with E-state index in [1.54, 1.807) is 6.92 Å². The molecule has 0 amide bonds. The largest absolute Gasteiger partial charge is 0.398 e. The van der Waals surface area contributed by atoms with Gasteiger partial charge in [0.15, 0.2) is 0 Å². The van der Waals surface area contributed by atoms with E-state index in [1.807, 2.05) is 6.92 Å². The van der Waals surface area contributed by atoms with Crippen LogP contribution in [0.15, 0.2) is 17.0 Å². The number of nitrogens with one attached hydrogen (secondary N) is 1. The molecule has 0 bridgehead atoms. The molecule has 0 heterocycles. The first-order valence-electron chi connectivity index (χ1n) is 6.91. The van der Waals surface area contributed by atoms with Crippen LogP contribution < -0.4 is 10.5 Å². The maximum Gasteiger partial charge on any atom is 0.243 e. The molecule has 0 aromatic heterocycles. The van der Waals surface area contributed by atoms with Crippen LogP contribution in [0.3, 0.4) is 0 Å². The minimum Gasteiger partial charge on any atom is -0.398 e. The highest BCUT2D eigenvalue weighted by Gasteiger charge is 2.29. The molecule has 6 heteroatoms. The lowest BCUT2D eigenvalue weighted by molar-refractivity contribution is 0.490. The van der Waals surface area contributed by atoms with Crippen molar-refractivity contribution in [3.63, 3.8) is 0 Å². The molecule has 20 heavy (non-hydrogen) atoms. The van der Waals surface area contributed by atoms with Crippen molar-refractivity contribution in [1.82, 2.24) is 4.72 Å². The van der Waals surface area contributed by atoms with Crippen molar-refractivity contribution < 1.29 is 12.8 Å². The lowest BCUT2D eigenvalue weighted by Gasteiger charge is -2.17. The first kappa shape index (κ1) is 15.3. The Balaban J connectivity index is 2.22. The molecule has 1 aliphatic rings. The molecular formula is C14H21FN2O2S. The SMILES string of the molecule is CCC(CC1CC1)NS(=O)(=O)c1cc(N)c(C)cc1F. The molecule has 1 fully saturated rings. The van der Waals surface area contributed by atoms with E-state index in [0.717, 1.165) is 25.3 Å². The van der Waals surface area contributed by atoms with Gasteiger partial charge in [0.05, 0.1) is 0 Å². The van der Waals surface area contributed by atoms with Crippen LogP contribution in [-0.2, 0) is 10.0 Å². The lowest BCUT2D eigenvalue weighted by atomic mass is 10.1. The van der Waals surface area contributed by atoms with Gasteiger partial charge in [-0.15, -0.1) is 0 Å². The number of hydrogen-bond acceptors (Lipinski definition) is 3. The Hall–Kier alpha value is -1.14. The number of nitrogen functional groups attached to an aromatic ring is 1. The molecule has 3 N–H and O–H groups in total. The fraction of sp³-hybridized carbons (Fsp3) is 0.571. The molecular weight excluding hydrogens is 279 g/mol. The third-order valence-corrected chi connectivity index (χ3v) is 5.27. The number of hydrogen-bond donors (Lipinski definition) is 2. The summed E-state index contributed by atoms with van der Waals surface area (Å²) in [5.74, 6) is -0.152. The molecule has 1 unspecified atom stereocenters. The van der Waals surface area contributed by atoms with E-state index in [4.69, 9.17) is 5.73 Å². The van der Waals surface area contributed by atoms with Crippen LogP contribution in [0.2, 0.25) is 0 Å². The number of halogens is 1. The standard InChI is InChI=1S/C14H21FN2O2S/c1-3-11(7-10-4-5-10)17-20(18,19)14-8-13(16)9(2)6-12(14)15/h6,8,10-11,17H,3-5,7,16H2,1-2H3. The van der Waals surface area contributed by atoms with E-state index in [1.165, 1.54) is 6.07 Å². The van der Waals surface area contributed by atoms with Gasteiger partial charge in [-0.25, -0.2) is 17.5 Å². The molecule has 0 aliphatic heterocycles. The highest BCUT2D eigenvalue weighted by Crippen LogP contribution is 2.34. The number of nitrogens with two attached hydrogens (primary N) is 1. The third kappa shape index (κ3) is 3.49. The first-order valence-corrected chi connectivity index (χ1v) is 8.39. The lowest BCUT2D eigenvalue weighted by Crippen LogP contribution is -2.35. The van der Waals surface area contributed by atoms with Crippen LogP contribution in [-0.4, -0.2) is 14.5 Å². The second-order valence-corrected chi connectivity index (χ2v) is 7.23. The summed E-state index contributed by atoms with van der Waals surface area (Å²) in [5, 5.41) is 0. The van der Waals surface area contributed by atoms with Crippen molar-refractivity contribution in [3.05, 3.63) is 23.5 Å². The maximum absolute atomic E-state index is 13.9. The second-order valence-electron chi connectivity index (χ2n) is 5.54. The zero-order valence-corrected chi connectivity index (χ0v) is 12.6. The van der Waals surface area contributed by atoms with Gasteiger partial charge in [-0.05, 0) is 43.4 Å². The fourth-order valence-electron chi connectivity index (χ4n) is 2.21. The van der Waals surface area contributed by atoms with Gasteiger partial charge in [0.1, 0.15) is 10.7 Å². The topological polar surface area (TPSA) is 72.2 Å². The zero-order chi connectivity index (χ0) is 14.9. The van der Waals surface area contributed by atoms with Gasteiger partial charge in [0, 0.05) is 11.7 Å². The predicted molar refractivity (Wildman–Crippen MR) is 77.3 cm³/mol. The van der Waals surface area contributed by atoms with Crippen LogP contribution in [0.4, 0.5) is 10.1 Å². The Morgan fingerprint density at radius 2 is 2.10 bits per heavy atom. The molecule has 0 radical (unpaired) electrons. The fourth-order valence-corrected chi connectivity index (χ4v) is 3.64. The number of benzene rings is 1. The monoisotopic (exact) mass is 300 g/mol. The van der Waals surface area contributed by atoms with Crippen molar-refractivity contribution in [1.29, 1.82) is 0 Å². The van der Waals surface area contributed by atoms with Gasteiger partial charge in [-0.3, -0.25) is 0 Å². The second kappa shape index (κ2) is 5.69. The average Bonchev–Trinajstić information content (AvgIpc) is 3.16. The Bertz CT molecular complexity index is 597. The summed E-state index contributed by atoms with van der Waals surface area (Å²) in [6.07, 6.45) is 3.82. The van der Waals surface area contributed by atoms with Crippen LogP contribution in [0.1, 0.15) is 38.2 Å². The van der Waals surface area contributed by atoms with E-state index in [0.29, 0.717) is 17.9 Å². The van der Waals surface area contributed by atoms with Crippen molar-refractivity contribution in [2.24, 2.45) is 5.92 Å². The summed E-state index contributed by atoms with van der Waals surface area (Å²) < 4.78 is 41.0. The Morgan fingerprint density at radius 3 is 2.65 bits per heavy atom. The molecule has 112 valence electrons. The van der Waals surface area contributed by atoms with Gasteiger partial charge in [-0.2, -0.15) is 0 Å². The number of rotatable bonds is 6. The van der Waals surface area contributed by atoms with E-state index in [-0.39, 0.29) is 16.6 Å². The Labute approximate surface area is 119 Å². The summed E-state index contributed by atoms with van der Waals surface area (Å²) >= 11 is 0. The Kier molecular flexibility index (Phi) is 4.34. The average molecular weight is 300 g/mol. The molecule has 2 rings (SSSR count). The first-order chi connectivity index (χ1) is 9.33. The van der Waals surface area contributed by atoms with Crippen LogP contribution >= 0.6 is 0 Å². The number of sulfonamides is 1. The van der Waals surface area contributed by atoms with Crippen LogP contribution in [0.5, 0.6) is 0 Å². The summed E-state index contributed by atoms with van der Waals surface area (Å²) in [7, 11) is -3.86. The van der Waals surface area contributed by atoms with Gasteiger partial charge >= 0.3 is 0 Å². The summed E-state index contributed by atoms with van der Waals surface area (Å²) in [6, 6.07) is 2.21. The minimum absolute atomic E-state index is 0.144. The number of anilines is 1. The molecule has 0 spiro atoms. The highest BCUT2D eigenvalue weighted by molar-refractivity contribution is 7.89. The van der Waals surface area contributed by atoms with Gasteiger partial charge in [-0.1, -0.05) is 19.8 Å². The van der Waals surface area contributed by atoms with Crippen molar-refractivity contribution in [2.75, 3.05) is 5.73 Å². The van der Waals surface area contributed by atoms with Crippen molar-refractivity contribution in [3.8, 4) is 0 Å². The van der Waals surface area contributed by atoms with Crippen LogP contribution in [0, 0.1) is 18.7 Å². The molecule has 1 saturated carbocycles. The smallest absolute Gasteiger partial charge is 0.243 e. The van der Waals surface area contributed by atoms with Gasteiger partial charge < -0.3 is 5.73 Å². The van der Waals surface area contributed by atoms with E-state index in [2.05, 4.69) is 4.72 Å². The van der Waals surface area contributed by atoms with Crippen molar-refractivity contribution in [2.45, 2.75) is 50.5 Å². The molecule has 1 atom stereocenters. The normalized spacial score (nSPS) is 17.1. The molecule has 1 aliphatic carbocycles. The van der Waals surface area contributed by atoms with E-state index in [9.17, 15) is 12.8 Å². The summed E-state index contributed by atoms with van der Waals surface area (Å²) in [6.45, 7) is 3.57. The number of aryl methyl sites for hydroxylation is 1. The van der Waals surface area contributed by atoms with E-state index < -0.39 is 15.8 Å². The zero-order valence-electron chi connectivity index (χ0n) is 11.8. The molecule has 4 nitrogen and oxygen atoms in total. The van der Waals surface area contributed by atoms with Crippen LogP contribution in [0.25, 0.3) is 0 Å². The van der Waals surface area contributed by atoms with E-state index >= 15 is 0 Å². The minimum atomic E-state index is -3.86. The maximum atomic E-state index is 13.9. The van der Waals surface area contributed by atoms with Crippen molar-refractivity contribution >= 4 is 15.7 Å². The highest BCUT2D eigenvalue weighted by atomic mass is 32.2. The van der Waals surface area contributed by atoms with Gasteiger partial charge in [0.2, 0.25) is 10.0 Å². The summed E-state index contributed by atoms with van der Waals surface area (Å²) in [5.41, 5.74) is 6.49. The predicted octanol–water partition coefficient (Wildman–Crippen LogP) is 2.57. The summed E-state index contributed by atoms with van der Waals surface area (Å²) in [4.78, 5) is -0.366. The van der Waals surface area contributed by atoms with Gasteiger partial charge in [0.25, 0.3) is 0 Å². The quantitative estimate of drug-likeness (QED) is 0.793. The third-order valence-electron chi connectivity index (χ3n) is 3.74. The molecule has 1 aromatic rings.